The number of pyridine rings is 1. The molecule has 0 unspecified atom stereocenters. The molecular weight excluding hydrogens is 252 g/mol. The van der Waals surface area contributed by atoms with Gasteiger partial charge in [0.05, 0.1) is 0 Å². The van der Waals surface area contributed by atoms with Gasteiger partial charge in [-0.25, -0.2) is 4.57 Å². The fourth-order valence-electron chi connectivity index (χ4n) is 1.66. The molecule has 0 aliphatic rings. The highest BCUT2D eigenvalue weighted by Gasteiger charge is 1.99. The standard InChI is InChI=1S/C16H19N2S/c1-17(2)15-9-12-18(13-10-15)11-6-14-19-16-7-4-3-5-8-16/h3-10,12-14H,11H2,1-2H3/q+1/b14-6+. The monoisotopic (exact) mass is 271 g/mol. The molecule has 2 aromatic rings. The van der Waals surface area contributed by atoms with Crippen molar-refractivity contribution in [3.8, 4) is 0 Å². The van der Waals surface area contributed by atoms with Gasteiger partial charge < -0.3 is 4.90 Å². The van der Waals surface area contributed by atoms with Crippen molar-refractivity contribution in [2.75, 3.05) is 19.0 Å². The lowest BCUT2D eigenvalue weighted by Gasteiger charge is -2.10. The number of anilines is 1. The quantitative estimate of drug-likeness (QED) is 0.608. The molecular formula is C16H19N2S+. The van der Waals surface area contributed by atoms with E-state index in [4.69, 9.17) is 0 Å². The van der Waals surface area contributed by atoms with E-state index in [1.54, 1.807) is 11.8 Å². The Balaban J connectivity index is 1.85. The summed E-state index contributed by atoms with van der Waals surface area (Å²) in [6, 6.07) is 14.6. The molecule has 0 spiro atoms. The van der Waals surface area contributed by atoms with Gasteiger partial charge in [0.2, 0.25) is 0 Å². The van der Waals surface area contributed by atoms with Crippen LogP contribution in [-0.4, -0.2) is 14.1 Å². The highest BCUT2D eigenvalue weighted by molar-refractivity contribution is 8.02. The van der Waals surface area contributed by atoms with Crippen molar-refractivity contribution >= 4 is 17.4 Å². The number of hydrogen-bond acceptors (Lipinski definition) is 2. The smallest absolute Gasteiger partial charge is 0.171 e. The molecule has 0 radical (unpaired) electrons. The number of nitrogens with zero attached hydrogens (tertiary/aromatic N) is 2. The predicted molar refractivity (Wildman–Crippen MR) is 82.4 cm³/mol. The third kappa shape index (κ3) is 4.45. The molecule has 0 aliphatic carbocycles. The second-order valence-corrected chi connectivity index (χ2v) is 5.43. The molecule has 0 bridgehead atoms. The summed E-state index contributed by atoms with van der Waals surface area (Å²) in [6.45, 7) is 0.896. The molecule has 0 N–H and O–H groups in total. The number of benzene rings is 1. The van der Waals surface area contributed by atoms with Gasteiger partial charge in [0.25, 0.3) is 0 Å². The fourth-order valence-corrected chi connectivity index (χ4v) is 2.31. The molecule has 2 rings (SSSR count). The van der Waals surface area contributed by atoms with E-state index in [2.05, 4.69) is 83.8 Å². The molecule has 0 atom stereocenters. The Morgan fingerprint density at radius 2 is 1.74 bits per heavy atom. The minimum atomic E-state index is 0.896. The zero-order valence-corrected chi connectivity index (χ0v) is 12.2. The van der Waals surface area contributed by atoms with Crippen LogP contribution in [0.5, 0.6) is 0 Å². The van der Waals surface area contributed by atoms with Gasteiger partial charge in [-0.3, -0.25) is 0 Å². The summed E-state index contributed by atoms with van der Waals surface area (Å²) >= 11 is 1.75. The summed E-state index contributed by atoms with van der Waals surface area (Å²) in [5.41, 5.74) is 1.22. The minimum Gasteiger partial charge on any atom is -0.377 e. The Labute approximate surface area is 119 Å². The van der Waals surface area contributed by atoms with Gasteiger partial charge in [0, 0.05) is 36.8 Å². The molecule has 1 aromatic heterocycles. The van der Waals surface area contributed by atoms with Crippen LogP contribution >= 0.6 is 11.8 Å². The molecule has 1 aromatic carbocycles. The largest absolute Gasteiger partial charge is 0.377 e. The van der Waals surface area contributed by atoms with Crippen LogP contribution in [0.25, 0.3) is 0 Å². The Bertz CT molecular complexity index is 518. The lowest BCUT2D eigenvalue weighted by atomic mass is 10.4. The molecule has 3 heteroatoms. The van der Waals surface area contributed by atoms with Crippen LogP contribution in [0.1, 0.15) is 0 Å². The van der Waals surface area contributed by atoms with E-state index in [0.717, 1.165) is 6.54 Å². The molecule has 98 valence electrons. The van der Waals surface area contributed by atoms with Gasteiger partial charge in [0.15, 0.2) is 18.9 Å². The van der Waals surface area contributed by atoms with Crippen LogP contribution in [0.3, 0.4) is 0 Å². The van der Waals surface area contributed by atoms with E-state index >= 15 is 0 Å². The first-order chi connectivity index (χ1) is 9.25. The number of thioether (sulfide) groups is 1. The summed E-state index contributed by atoms with van der Waals surface area (Å²) in [5, 5.41) is 2.14. The maximum Gasteiger partial charge on any atom is 0.171 e. The van der Waals surface area contributed by atoms with Gasteiger partial charge in [-0.15, -0.1) is 0 Å². The van der Waals surface area contributed by atoms with E-state index in [9.17, 15) is 0 Å². The van der Waals surface area contributed by atoms with Gasteiger partial charge in [0.1, 0.15) is 0 Å². The zero-order valence-electron chi connectivity index (χ0n) is 11.4. The SMILES string of the molecule is CN(C)c1cc[n+](C/C=C/Sc2ccccc2)cc1. The number of aromatic nitrogens is 1. The van der Waals surface area contributed by atoms with Crippen LogP contribution in [0.2, 0.25) is 0 Å². The first kappa shape index (κ1) is 13.7. The molecule has 0 amide bonds. The fraction of sp³-hybridized carbons (Fsp3) is 0.188. The van der Waals surface area contributed by atoms with Crippen molar-refractivity contribution < 1.29 is 4.57 Å². The van der Waals surface area contributed by atoms with Crippen molar-refractivity contribution in [1.29, 1.82) is 0 Å². The third-order valence-electron chi connectivity index (χ3n) is 2.75. The summed E-state index contributed by atoms with van der Waals surface area (Å²) in [4.78, 5) is 3.37. The van der Waals surface area contributed by atoms with Gasteiger partial charge in [-0.2, -0.15) is 0 Å². The van der Waals surface area contributed by atoms with Crippen molar-refractivity contribution in [2.45, 2.75) is 11.4 Å². The Morgan fingerprint density at radius 3 is 2.37 bits per heavy atom. The van der Waals surface area contributed by atoms with Crippen LogP contribution in [-0.2, 0) is 6.54 Å². The van der Waals surface area contributed by atoms with E-state index in [1.165, 1.54) is 10.6 Å². The average Bonchev–Trinajstić information content (AvgIpc) is 2.45. The summed E-state index contributed by atoms with van der Waals surface area (Å²) in [5.74, 6) is 0. The van der Waals surface area contributed by atoms with Crippen molar-refractivity contribution in [3.63, 3.8) is 0 Å². The van der Waals surface area contributed by atoms with E-state index in [1.807, 2.05) is 6.07 Å². The van der Waals surface area contributed by atoms with Crippen molar-refractivity contribution in [3.05, 3.63) is 66.3 Å². The van der Waals surface area contributed by atoms with E-state index in [-0.39, 0.29) is 0 Å². The summed E-state index contributed by atoms with van der Waals surface area (Å²) in [6.07, 6.45) is 6.38. The first-order valence-corrected chi connectivity index (χ1v) is 7.17. The Hall–Kier alpha value is -1.74. The number of allylic oxidation sites excluding steroid dienone is 1. The third-order valence-corrected chi connectivity index (χ3v) is 3.62. The second-order valence-electron chi connectivity index (χ2n) is 4.45. The van der Waals surface area contributed by atoms with Gasteiger partial charge in [-0.1, -0.05) is 30.0 Å². The van der Waals surface area contributed by atoms with Crippen LogP contribution in [0, 0.1) is 0 Å². The maximum absolute atomic E-state index is 2.17. The van der Waals surface area contributed by atoms with Gasteiger partial charge >= 0.3 is 0 Å². The topological polar surface area (TPSA) is 7.12 Å². The van der Waals surface area contributed by atoms with Crippen molar-refractivity contribution in [1.82, 2.24) is 0 Å². The zero-order chi connectivity index (χ0) is 13.5. The van der Waals surface area contributed by atoms with E-state index in [0.29, 0.717) is 0 Å². The highest BCUT2D eigenvalue weighted by atomic mass is 32.2. The molecule has 0 saturated carbocycles. The Morgan fingerprint density at radius 1 is 1.05 bits per heavy atom. The predicted octanol–water partition coefficient (Wildman–Crippen LogP) is 3.35. The lowest BCUT2D eigenvalue weighted by molar-refractivity contribution is -0.686. The number of hydrogen-bond donors (Lipinski definition) is 0. The normalized spacial score (nSPS) is 10.8. The second kappa shape index (κ2) is 7.00. The molecule has 2 nitrogen and oxygen atoms in total. The van der Waals surface area contributed by atoms with Crippen LogP contribution in [0.4, 0.5) is 5.69 Å². The van der Waals surface area contributed by atoms with Crippen LogP contribution < -0.4 is 9.47 Å². The maximum atomic E-state index is 2.17. The molecule has 0 fully saturated rings. The lowest BCUT2D eigenvalue weighted by Crippen LogP contribution is -2.31. The van der Waals surface area contributed by atoms with Crippen molar-refractivity contribution in [2.24, 2.45) is 0 Å². The Kier molecular flexibility index (Phi) is 5.04. The number of rotatable bonds is 5. The minimum absolute atomic E-state index is 0.896. The average molecular weight is 271 g/mol. The van der Waals surface area contributed by atoms with E-state index < -0.39 is 0 Å². The van der Waals surface area contributed by atoms with Crippen LogP contribution in [0.15, 0.2) is 71.2 Å². The molecule has 0 aliphatic heterocycles. The first-order valence-electron chi connectivity index (χ1n) is 6.29. The molecule has 0 saturated heterocycles. The van der Waals surface area contributed by atoms with Gasteiger partial charge in [-0.05, 0) is 23.6 Å². The summed E-state index contributed by atoms with van der Waals surface area (Å²) in [7, 11) is 4.10. The summed E-state index contributed by atoms with van der Waals surface area (Å²) < 4.78 is 2.16. The molecule has 1 heterocycles. The molecule has 19 heavy (non-hydrogen) atoms. The highest BCUT2D eigenvalue weighted by Crippen LogP contribution is 2.17.